The molecular formula is C9H13N3O3S. The Bertz CT molecular complexity index is 511. The maximum Gasteiger partial charge on any atom is 0.241 e. The second-order valence-corrected chi connectivity index (χ2v) is 5.05. The monoisotopic (exact) mass is 243 g/mol. The number of aryl methyl sites for hydroxylation is 1. The molecular weight excluding hydrogens is 230 g/mol. The highest BCUT2D eigenvalue weighted by Crippen LogP contribution is 2.17. The van der Waals surface area contributed by atoms with Gasteiger partial charge in [0.05, 0.1) is 11.4 Å². The largest absolute Gasteiger partial charge is 0.399 e. The van der Waals surface area contributed by atoms with Crippen molar-refractivity contribution in [2.45, 2.75) is 11.8 Å². The van der Waals surface area contributed by atoms with Gasteiger partial charge < -0.3 is 11.5 Å². The van der Waals surface area contributed by atoms with Crippen molar-refractivity contribution in [2.24, 2.45) is 5.73 Å². The summed E-state index contributed by atoms with van der Waals surface area (Å²) in [6.07, 6.45) is 0. The molecule has 88 valence electrons. The summed E-state index contributed by atoms with van der Waals surface area (Å²) in [4.78, 5) is 10.6. The SMILES string of the molecule is Cc1cc(N)ccc1S(=O)(=O)NCC(N)=O. The predicted molar refractivity (Wildman–Crippen MR) is 60.0 cm³/mol. The normalized spacial score (nSPS) is 11.3. The van der Waals surface area contributed by atoms with Crippen molar-refractivity contribution in [3.63, 3.8) is 0 Å². The van der Waals surface area contributed by atoms with Crippen LogP contribution in [0.3, 0.4) is 0 Å². The third kappa shape index (κ3) is 2.94. The second kappa shape index (κ2) is 4.50. The van der Waals surface area contributed by atoms with Gasteiger partial charge in [0.2, 0.25) is 15.9 Å². The lowest BCUT2D eigenvalue weighted by Gasteiger charge is -2.08. The first-order valence-electron chi connectivity index (χ1n) is 4.47. The van der Waals surface area contributed by atoms with Gasteiger partial charge >= 0.3 is 0 Å². The van der Waals surface area contributed by atoms with E-state index in [0.717, 1.165) is 0 Å². The van der Waals surface area contributed by atoms with E-state index >= 15 is 0 Å². The highest BCUT2D eigenvalue weighted by molar-refractivity contribution is 7.89. The topological polar surface area (TPSA) is 115 Å². The average Bonchev–Trinajstić information content (AvgIpc) is 2.14. The molecule has 0 saturated heterocycles. The van der Waals surface area contributed by atoms with Crippen molar-refractivity contribution in [2.75, 3.05) is 12.3 Å². The van der Waals surface area contributed by atoms with E-state index in [9.17, 15) is 13.2 Å². The van der Waals surface area contributed by atoms with Gasteiger partial charge in [-0.25, -0.2) is 13.1 Å². The summed E-state index contributed by atoms with van der Waals surface area (Å²) < 4.78 is 25.5. The zero-order valence-corrected chi connectivity index (χ0v) is 9.54. The van der Waals surface area contributed by atoms with E-state index in [1.807, 2.05) is 0 Å². The first kappa shape index (κ1) is 12.5. The minimum atomic E-state index is -3.71. The molecule has 7 heteroatoms. The average molecular weight is 243 g/mol. The van der Waals surface area contributed by atoms with Crippen LogP contribution in [0.15, 0.2) is 23.1 Å². The Morgan fingerprint density at radius 1 is 1.44 bits per heavy atom. The summed E-state index contributed by atoms with van der Waals surface area (Å²) in [6.45, 7) is 1.20. The van der Waals surface area contributed by atoms with E-state index in [-0.39, 0.29) is 4.90 Å². The zero-order chi connectivity index (χ0) is 12.3. The van der Waals surface area contributed by atoms with Crippen molar-refractivity contribution >= 4 is 21.6 Å². The van der Waals surface area contributed by atoms with Crippen molar-refractivity contribution < 1.29 is 13.2 Å². The van der Waals surface area contributed by atoms with Gasteiger partial charge in [-0.3, -0.25) is 4.79 Å². The first-order chi connectivity index (χ1) is 7.33. The van der Waals surface area contributed by atoms with E-state index in [2.05, 4.69) is 4.72 Å². The number of rotatable bonds is 4. The van der Waals surface area contributed by atoms with Gasteiger partial charge in [-0.15, -0.1) is 0 Å². The molecule has 1 rings (SSSR count). The Morgan fingerprint density at radius 2 is 2.06 bits per heavy atom. The molecule has 0 aromatic heterocycles. The lowest BCUT2D eigenvalue weighted by atomic mass is 10.2. The van der Waals surface area contributed by atoms with Crippen LogP contribution >= 0.6 is 0 Å². The van der Waals surface area contributed by atoms with Crippen LogP contribution < -0.4 is 16.2 Å². The number of nitrogens with one attached hydrogen (secondary N) is 1. The minimum Gasteiger partial charge on any atom is -0.399 e. The van der Waals surface area contributed by atoms with Crippen molar-refractivity contribution in [1.29, 1.82) is 0 Å². The summed E-state index contributed by atoms with van der Waals surface area (Å²) in [6, 6.07) is 4.40. The summed E-state index contributed by atoms with van der Waals surface area (Å²) in [5.41, 5.74) is 11.3. The predicted octanol–water partition coefficient (Wildman–Crippen LogP) is -0.659. The van der Waals surface area contributed by atoms with Gasteiger partial charge in [-0.2, -0.15) is 0 Å². The van der Waals surface area contributed by atoms with Gasteiger partial charge in [0.25, 0.3) is 0 Å². The number of anilines is 1. The molecule has 5 N–H and O–H groups in total. The molecule has 0 fully saturated rings. The zero-order valence-electron chi connectivity index (χ0n) is 8.73. The summed E-state index contributed by atoms with van der Waals surface area (Å²) in [5, 5.41) is 0. The van der Waals surface area contributed by atoms with E-state index in [1.54, 1.807) is 13.0 Å². The number of primary amides is 1. The summed E-state index contributed by atoms with van der Waals surface area (Å²) >= 11 is 0. The molecule has 0 saturated carbocycles. The number of nitrogens with two attached hydrogens (primary N) is 2. The van der Waals surface area contributed by atoms with Crippen LogP contribution in [0.25, 0.3) is 0 Å². The first-order valence-corrected chi connectivity index (χ1v) is 5.95. The van der Waals surface area contributed by atoms with Gasteiger partial charge in [0.15, 0.2) is 0 Å². The third-order valence-electron chi connectivity index (χ3n) is 1.92. The number of sulfonamides is 1. The molecule has 1 amide bonds. The van der Waals surface area contributed by atoms with E-state index < -0.39 is 22.5 Å². The fourth-order valence-corrected chi connectivity index (χ4v) is 2.44. The number of hydrogen-bond acceptors (Lipinski definition) is 4. The smallest absolute Gasteiger partial charge is 0.241 e. The Labute approximate surface area is 93.7 Å². The maximum absolute atomic E-state index is 11.7. The van der Waals surface area contributed by atoms with Crippen LogP contribution in [0.4, 0.5) is 5.69 Å². The molecule has 0 radical (unpaired) electrons. The number of hydrogen-bond donors (Lipinski definition) is 3. The van der Waals surface area contributed by atoms with Gasteiger partial charge in [-0.05, 0) is 30.7 Å². The fourth-order valence-electron chi connectivity index (χ4n) is 1.22. The van der Waals surface area contributed by atoms with Crippen LogP contribution in [0.1, 0.15) is 5.56 Å². The highest BCUT2D eigenvalue weighted by Gasteiger charge is 2.16. The van der Waals surface area contributed by atoms with E-state index in [1.165, 1.54) is 12.1 Å². The van der Waals surface area contributed by atoms with Crippen LogP contribution in [0.5, 0.6) is 0 Å². The Hall–Kier alpha value is -1.60. The lowest BCUT2D eigenvalue weighted by Crippen LogP contribution is -2.33. The molecule has 0 aliphatic rings. The van der Waals surface area contributed by atoms with Crippen molar-refractivity contribution in [3.8, 4) is 0 Å². The molecule has 0 atom stereocenters. The number of amides is 1. The third-order valence-corrected chi connectivity index (χ3v) is 3.49. The van der Waals surface area contributed by atoms with Gasteiger partial charge in [0, 0.05) is 5.69 Å². The molecule has 0 bridgehead atoms. The summed E-state index contributed by atoms with van der Waals surface area (Å²) in [7, 11) is -3.71. The maximum atomic E-state index is 11.7. The van der Waals surface area contributed by atoms with Gasteiger partial charge in [0.1, 0.15) is 0 Å². The lowest BCUT2D eigenvalue weighted by molar-refractivity contribution is -0.116. The molecule has 0 unspecified atom stereocenters. The molecule has 16 heavy (non-hydrogen) atoms. The molecule has 0 aliphatic carbocycles. The van der Waals surface area contributed by atoms with E-state index in [0.29, 0.717) is 11.3 Å². The Balaban J connectivity index is 3.03. The Morgan fingerprint density at radius 3 is 2.56 bits per heavy atom. The van der Waals surface area contributed by atoms with E-state index in [4.69, 9.17) is 11.5 Å². The van der Waals surface area contributed by atoms with Crippen LogP contribution in [0, 0.1) is 6.92 Å². The standard InChI is InChI=1S/C9H13N3O3S/c1-6-4-7(10)2-3-8(6)16(14,15)12-5-9(11)13/h2-4,12H,5,10H2,1H3,(H2,11,13). The van der Waals surface area contributed by atoms with Crippen molar-refractivity contribution in [3.05, 3.63) is 23.8 Å². The Kier molecular flexibility index (Phi) is 3.51. The number of carbonyl (C=O) groups is 1. The molecule has 1 aromatic carbocycles. The van der Waals surface area contributed by atoms with Crippen LogP contribution in [-0.4, -0.2) is 20.9 Å². The molecule has 0 spiro atoms. The molecule has 0 heterocycles. The number of nitrogen functional groups attached to an aromatic ring is 1. The molecule has 1 aromatic rings. The summed E-state index contributed by atoms with van der Waals surface area (Å²) in [5.74, 6) is -0.739. The fraction of sp³-hybridized carbons (Fsp3) is 0.222. The van der Waals surface area contributed by atoms with Gasteiger partial charge in [-0.1, -0.05) is 0 Å². The van der Waals surface area contributed by atoms with Crippen molar-refractivity contribution in [1.82, 2.24) is 4.72 Å². The highest BCUT2D eigenvalue weighted by atomic mass is 32.2. The molecule has 0 aliphatic heterocycles. The minimum absolute atomic E-state index is 0.0861. The second-order valence-electron chi connectivity index (χ2n) is 3.32. The van der Waals surface area contributed by atoms with Crippen LogP contribution in [0.2, 0.25) is 0 Å². The quantitative estimate of drug-likeness (QED) is 0.609. The molecule has 6 nitrogen and oxygen atoms in total. The number of carbonyl (C=O) groups excluding carboxylic acids is 1. The van der Waals surface area contributed by atoms with Crippen LogP contribution in [-0.2, 0) is 14.8 Å². The number of benzene rings is 1.